The molecule has 0 saturated heterocycles. The molecule has 0 bridgehead atoms. The van der Waals surface area contributed by atoms with Crippen molar-refractivity contribution in [2.75, 3.05) is 6.61 Å². The lowest BCUT2D eigenvalue weighted by Gasteiger charge is -2.22. The number of hydrogen-bond acceptors (Lipinski definition) is 3. The Morgan fingerprint density at radius 1 is 1.45 bits per heavy atom. The van der Waals surface area contributed by atoms with Gasteiger partial charge in [-0.2, -0.15) is 5.10 Å². The van der Waals surface area contributed by atoms with Gasteiger partial charge < -0.3 is 10.5 Å². The Morgan fingerprint density at radius 2 is 2.35 bits per heavy atom. The zero-order valence-corrected chi connectivity index (χ0v) is 11.9. The van der Waals surface area contributed by atoms with Crippen molar-refractivity contribution in [1.82, 2.24) is 9.78 Å². The van der Waals surface area contributed by atoms with Gasteiger partial charge in [-0.25, -0.2) is 0 Å². The van der Waals surface area contributed by atoms with Crippen LogP contribution < -0.4 is 10.5 Å². The van der Waals surface area contributed by atoms with Crippen LogP contribution >= 0.6 is 0 Å². The molecule has 0 amide bonds. The number of aryl methyl sites for hydroxylation is 2. The predicted molar refractivity (Wildman–Crippen MR) is 78.7 cm³/mol. The molecule has 4 nitrogen and oxygen atoms in total. The average Bonchev–Trinajstić information content (AvgIpc) is 2.85. The summed E-state index contributed by atoms with van der Waals surface area (Å²) in [6.07, 6.45) is 8.17. The molecule has 1 unspecified atom stereocenters. The van der Waals surface area contributed by atoms with E-state index in [2.05, 4.69) is 17.2 Å². The van der Waals surface area contributed by atoms with Crippen LogP contribution in [0.4, 0.5) is 0 Å². The van der Waals surface area contributed by atoms with Gasteiger partial charge >= 0.3 is 0 Å². The quantitative estimate of drug-likeness (QED) is 0.929. The van der Waals surface area contributed by atoms with Gasteiger partial charge in [0.15, 0.2) is 0 Å². The van der Waals surface area contributed by atoms with Crippen LogP contribution in [0.15, 0.2) is 30.6 Å². The molecular formula is C16H21N3O. The summed E-state index contributed by atoms with van der Waals surface area (Å²) in [7, 11) is 1.93. The van der Waals surface area contributed by atoms with E-state index in [-0.39, 0.29) is 6.04 Å². The Kier molecular flexibility index (Phi) is 3.74. The smallest absolute Gasteiger partial charge is 0.119 e. The lowest BCUT2D eigenvalue weighted by Crippen LogP contribution is -2.17. The van der Waals surface area contributed by atoms with E-state index in [0.717, 1.165) is 25.0 Å². The number of ether oxygens (including phenoxy) is 1. The molecule has 1 atom stereocenters. The first-order valence-electron chi connectivity index (χ1n) is 7.21. The fourth-order valence-corrected chi connectivity index (χ4v) is 2.81. The standard InChI is InChI=1S/C16H21N3O/c1-19-11-12(10-18-19)7-8-20-14-5-6-15-13(9-14)3-2-4-16(15)17/h5-6,9-11,16H,2-4,7-8,17H2,1H3. The third-order valence-corrected chi connectivity index (χ3v) is 3.89. The Hall–Kier alpha value is -1.81. The second kappa shape index (κ2) is 5.67. The van der Waals surface area contributed by atoms with Crippen molar-refractivity contribution >= 4 is 0 Å². The summed E-state index contributed by atoms with van der Waals surface area (Å²) in [6.45, 7) is 0.677. The topological polar surface area (TPSA) is 53.1 Å². The minimum atomic E-state index is 0.197. The summed E-state index contributed by atoms with van der Waals surface area (Å²) < 4.78 is 7.66. The zero-order chi connectivity index (χ0) is 13.9. The van der Waals surface area contributed by atoms with E-state index in [0.29, 0.717) is 6.61 Å². The first-order valence-corrected chi connectivity index (χ1v) is 7.21. The Labute approximate surface area is 119 Å². The van der Waals surface area contributed by atoms with E-state index in [9.17, 15) is 0 Å². The lowest BCUT2D eigenvalue weighted by atomic mass is 9.88. The number of hydrogen-bond donors (Lipinski definition) is 1. The summed E-state index contributed by atoms with van der Waals surface area (Å²) in [5, 5.41) is 4.16. The molecule has 0 saturated carbocycles. The molecule has 0 fully saturated rings. The van der Waals surface area contributed by atoms with Crippen LogP contribution in [0.2, 0.25) is 0 Å². The van der Waals surface area contributed by atoms with Crippen molar-refractivity contribution in [1.29, 1.82) is 0 Å². The van der Waals surface area contributed by atoms with E-state index in [1.54, 1.807) is 0 Å². The molecule has 1 heterocycles. The molecular weight excluding hydrogens is 250 g/mol. The van der Waals surface area contributed by atoms with Gasteiger partial charge in [0.2, 0.25) is 0 Å². The number of nitrogens with two attached hydrogens (primary N) is 1. The van der Waals surface area contributed by atoms with E-state index >= 15 is 0 Å². The fourth-order valence-electron chi connectivity index (χ4n) is 2.81. The maximum absolute atomic E-state index is 6.12. The normalized spacial score (nSPS) is 17.8. The van der Waals surface area contributed by atoms with Gasteiger partial charge in [-0.3, -0.25) is 4.68 Å². The SMILES string of the molecule is Cn1cc(CCOc2ccc3c(c2)CCCC3N)cn1. The van der Waals surface area contributed by atoms with Crippen molar-refractivity contribution in [2.45, 2.75) is 31.7 Å². The minimum Gasteiger partial charge on any atom is -0.493 e. The molecule has 0 radical (unpaired) electrons. The van der Waals surface area contributed by atoms with Crippen molar-refractivity contribution in [3.05, 3.63) is 47.3 Å². The van der Waals surface area contributed by atoms with E-state index in [4.69, 9.17) is 10.5 Å². The van der Waals surface area contributed by atoms with Gasteiger partial charge in [-0.05, 0) is 48.1 Å². The molecule has 1 aliphatic carbocycles. The summed E-state index contributed by atoms with van der Waals surface area (Å²) in [5.41, 5.74) is 9.96. The molecule has 106 valence electrons. The number of fused-ring (bicyclic) bond motifs is 1. The number of benzene rings is 1. The molecule has 0 spiro atoms. The van der Waals surface area contributed by atoms with Crippen molar-refractivity contribution in [3.63, 3.8) is 0 Å². The van der Waals surface area contributed by atoms with Crippen molar-refractivity contribution in [3.8, 4) is 5.75 Å². The second-order valence-electron chi connectivity index (χ2n) is 5.48. The van der Waals surface area contributed by atoms with Gasteiger partial charge in [-0.1, -0.05) is 6.07 Å². The number of nitrogens with zero attached hydrogens (tertiary/aromatic N) is 2. The van der Waals surface area contributed by atoms with Crippen LogP contribution in [0.3, 0.4) is 0 Å². The maximum Gasteiger partial charge on any atom is 0.119 e. The van der Waals surface area contributed by atoms with Crippen LogP contribution in [0.5, 0.6) is 5.75 Å². The highest BCUT2D eigenvalue weighted by Gasteiger charge is 2.16. The minimum absolute atomic E-state index is 0.197. The lowest BCUT2D eigenvalue weighted by molar-refractivity contribution is 0.321. The van der Waals surface area contributed by atoms with Crippen LogP contribution in [-0.2, 0) is 19.9 Å². The zero-order valence-electron chi connectivity index (χ0n) is 11.9. The second-order valence-corrected chi connectivity index (χ2v) is 5.48. The van der Waals surface area contributed by atoms with Crippen molar-refractivity contribution in [2.24, 2.45) is 12.8 Å². The van der Waals surface area contributed by atoms with Crippen LogP contribution in [0.1, 0.15) is 35.6 Å². The summed E-state index contributed by atoms with van der Waals surface area (Å²) >= 11 is 0. The van der Waals surface area contributed by atoms with Crippen LogP contribution in [0, 0.1) is 0 Å². The van der Waals surface area contributed by atoms with E-state index in [1.807, 2.05) is 30.2 Å². The van der Waals surface area contributed by atoms with E-state index < -0.39 is 0 Å². The molecule has 1 aliphatic rings. The highest BCUT2D eigenvalue weighted by molar-refractivity contribution is 5.38. The monoisotopic (exact) mass is 271 g/mol. The summed E-state index contributed by atoms with van der Waals surface area (Å²) in [4.78, 5) is 0. The van der Waals surface area contributed by atoms with Crippen molar-refractivity contribution < 1.29 is 4.74 Å². The summed E-state index contributed by atoms with van der Waals surface area (Å²) in [6, 6.07) is 6.51. The van der Waals surface area contributed by atoms with Gasteiger partial charge in [0.1, 0.15) is 5.75 Å². The van der Waals surface area contributed by atoms with E-state index in [1.165, 1.54) is 23.1 Å². The Balaban J connectivity index is 1.60. The van der Waals surface area contributed by atoms with Gasteiger partial charge in [-0.15, -0.1) is 0 Å². The molecule has 0 aliphatic heterocycles. The number of rotatable bonds is 4. The molecule has 2 N–H and O–H groups in total. The first kappa shape index (κ1) is 13.2. The molecule has 1 aromatic heterocycles. The van der Waals surface area contributed by atoms with Gasteiger partial charge in [0.25, 0.3) is 0 Å². The molecule has 2 aromatic rings. The molecule has 3 rings (SSSR count). The fraction of sp³-hybridized carbons (Fsp3) is 0.438. The third-order valence-electron chi connectivity index (χ3n) is 3.89. The maximum atomic E-state index is 6.12. The largest absolute Gasteiger partial charge is 0.493 e. The Morgan fingerprint density at radius 3 is 3.15 bits per heavy atom. The Bertz CT molecular complexity index is 591. The van der Waals surface area contributed by atoms with Crippen LogP contribution in [0.25, 0.3) is 0 Å². The van der Waals surface area contributed by atoms with Gasteiger partial charge in [0.05, 0.1) is 12.8 Å². The first-order chi connectivity index (χ1) is 9.72. The molecule has 1 aromatic carbocycles. The molecule has 4 heteroatoms. The highest BCUT2D eigenvalue weighted by atomic mass is 16.5. The average molecular weight is 271 g/mol. The third kappa shape index (κ3) is 2.85. The van der Waals surface area contributed by atoms with Gasteiger partial charge in [0, 0.05) is 25.7 Å². The number of aromatic nitrogens is 2. The van der Waals surface area contributed by atoms with Crippen LogP contribution in [-0.4, -0.2) is 16.4 Å². The predicted octanol–water partition coefficient (Wildman–Crippen LogP) is 2.38. The summed E-state index contributed by atoms with van der Waals surface area (Å²) in [5.74, 6) is 0.946. The highest BCUT2D eigenvalue weighted by Crippen LogP contribution is 2.30. The molecule has 20 heavy (non-hydrogen) atoms.